The molecule has 5 rings (SSSR count). The Morgan fingerprint density at radius 3 is 2.88 bits per heavy atom. The first-order valence-electron chi connectivity index (χ1n) is 10.8. The lowest BCUT2D eigenvalue weighted by molar-refractivity contribution is -0.129. The normalized spacial score (nSPS) is 13.2. The van der Waals surface area contributed by atoms with E-state index in [0.29, 0.717) is 46.9 Å². The highest BCUT2D eigenvalue weighted by atomic mass is 32.2. The molecule has 1 aliphatic heterocycles. The van der Waals surface area contributed by atoms with Crippen LogP contribution in [0.25, 0.3) is 22.6 Å². The van der Waals surface area contributed by atoms with Crippen LogP contribution in [0, 0.1) is 0 Å². The molecule has 0 saturated carbocycles. The summed E-state index contributed by atoms with van der Waals surface area (Å²) in [5.41, 5.74) is 3.21. The van der Waals surface area contributed by atoms with Crippen molar-refractivity contribution in [2.24, 2.45) is 0 Å². The van der Waals surface area contributed by atoms with E-state index in [1.54, 1.807) is 13.2 Å². The van der Waals surface area contributed by atoms with E-state index >= 15 is 0 Å². The van der Waals surface area contributed by atoms with E-state index in [1.165, 1.54) is 22.9 Å². The number of carbonyl (C=O) groups is 1. The second kappa shape index (κ2) is 9.15. The fourth-order valence-electron chi connectivity index (χ4n) is 4.10. The Labute approximate surface area is 196 Å². The number of amides is 1. The topological polar surface area (TPSA) is 73.4 Å². The zero-order valence-electron chi connectivity index (χ0n) is 18.4. The SMILES string of the molecule is C=CCn1c(SCC(=O)N2CCc3ccccc3C2)nnc1-c1cc2cccc(OC)c2o1. The van der Waals surface area contributed by atoms with E-state index < -0.39 is 0 Å². The van der Waals surface area contributed by atoms with Crippen molar-refractivity contribution >= 4 is 28.6 Å². The third kappa shape index (κ3) is 4.14. The molecule has 0 fully saturated rings. The van der Waals surface area contributed by atoms with Crippen molar-refractivity contribution in [3.63, 3.8) is 0 Å². The van der Waals surface area contributed by atoms with Gasteiger partial charge in [-0.15, -0.1) is 16.8 Å². The molecule has 0 aliphatic carbocycles. The summed E-state index contributed by atoms with van der Waals surface area (Å²) in [5.74, 6) is 2.24. The van der Waals surface area contributed by atoms with Gasteiger partial charge in [0.2, 0.25) is 11.7 Å². The quantitative estimate of drug-likeness (QED) is 0.297. The summed E-state index contributed by atoms with van der Waals surface area (Å²) >= 11 is 1.38. The van der Waals surface area contributed by atoms with Gasteiger partial charge in [-0.3, -0.25) is 9.36 Å². The second-order valence-electron chi connectivity index (χ2n) is 7.82. The molecule has 0 radical (unpaired) electrons. The number of thioether (sulfide) groups is 1. The van der Waals surface area contributed by atoms with Crippen molar-refractivity contribution < 1.29 is 13.9 Å². The highest BCUT2D eigenvalue weighted by molar-refractivity contribution is 7.99. The molecule has 1 aliphatic rings. The largest absolute Gasteiger partial charge is 0.493 e. The zero-order valence-corrected chi connectivity index (χ0v) is 19.2. The number of benzene rings is 2. The molecule has 3 heterocycles. The standard InChI is InChI=1S/C25H24N4O3S/c1-3-12-29-24(21-14-18-9-6-10-20(31-2)23(18)32-21)26-27-25(29)33-16-22(30)28-13-11-17-7-4-5-8-19(17)15-28/h3-10,14H,1,11-13,15-16H2,2H3. The molecule has 2 aromatic carbocycles. The molecule has 2 aromatic heterocycles. The Hall–Kier alpha value is -3.52. The third-order valence-electron chi connectivity index (χ3n) is 5.78. The number of aromatic nitrogens is 3. The summed E-state index contributed by atoms with van der Waals surface area (Å²) in [5, 5.41) is 10.3. The number of ether oxygens (including phenoxy) is 1. The minimum absolute atomic E-state index is 0.0951. The van der Waals surface area contributed by atoms with E-state index in [4.69, 9.17) is 9.15 Å². The first-order valence-corrected chi connectivity index (χ1v) is 11.7. The number of hydrogen-bond acceptors (Lipinski definition) is 6. The molecule has 0 N–H and O–H groups in total. The summed E-state index contributed by atoms with van der Waals surface area (Å²) in [7, 11) is 1.61. The predicted octanol–water partition coefficient (Wildman–Crippen LogP) is 4.56. The Balaban J connectivity index is 1.35. The molecule has 8 heteroatoms. The molecule has 0 unspecified atom stereocenters. The number of carbonyl (C=O) groups excluding carboxylic acids is 1. The highest BCUT2D eigenvalue weighted by Gasteiger charge is 2.23. The lowest BCUT2D eigenvalue weighted by Gasteiger charge is -2.28. The molecule has 0 atom stereocenters. The van der Waals surface area contributed by atoms with Gasteiger partial charge < -0.3 is 14.1 Å². The molecule has 7 nitrogen and oxygen atoms in total. The van der Waals surface area contributed by atoms with E-state index in [0.717, 1.165) is 18.4 Å². The van der Waals surface area contributed by atoms with Crippen molar-refractivity contribution in [1.29, 1.82) is 0 Å². The van der Waals surface area contributed by atoms with Crippen LogP contribution < -0.4 is 4.74 Å². The number of allylic oxidation sites excluding steroid dienone is 1. The molecule has 0 bridgehead atoms. The van der Waals surface area contributed by atoms with E-state index in [2.05, 4.69) is 28.9 Å². The average molecular weight is 461 g/mol. The van der Waals surface area contributed by atoms with Gasteiger partial charge in [-0.1, -0.05) is 54.2 Å². The monoisotopic (exact) mass is 460 g/mol. The molecule has 33 heavy (non-hydrogen) atoms. The number of fused-ring (bicyclic) bond motifs is 2. The fourth-order valence-corrected chi connectivity index (χ4v) is 4.96. The maximum absolute atomic E-state index is 12.9. The van der Waals surface area contributed by atoms with Crippen molar-refractivity contribution in [3.05, 3.63) is 72.3 Å². The Morgan fingerprint density at radius 2 is 2.06 bits per heavy atom. The molecule has 0 spiro atoms. The lowest BCUT2D eigenvalue weighted by Crippen LogP contribution is -2.37. The van der Waals surface area contributed by atoms with E-state index in [-0.39, 0.29) is 5.91 Å². The molecular formula is C25H24N4O3S. The number of hydrogen-bond donors (Lipinski definition) is 0. The summed E-state index contributed by atoms with van der Waals surface area (Å²) in [4.78, 5) is 14.8. The van der Waals surface area contributed by atoms with Gasteiger partial charge in [-0.2, -0.15) is 0 Å². The van der Waals surface area contributed by atoms with Crippen LogP contribution >= 0.6 is 11.8 Å². The van der Waals surface area contributed by atoms with Crippen molar-refractivity contribution in [2.75, 3.05) is 19.4 Å². The van der Waals surface area contributed by atoms with Crippen LogP contribution in [-0.2, 0) is 24.3 Å². The van der Waals surface area contributed by atoms with Crippen LogP contribution in [0.15, 0.2) is 70.8 Å². The van der Waals surface area contributed by atoms with Gasteiger partial charge in [0, 0.05) is 25.0 Å². The minimum atomic E-state index is 0.0951. The maximum Gasteiger partial charge on any atom is 0.233 e. The van der Waals surface area contributed by atoms with Crippen LogP contribution in [0.2, 0.25) is 0 Å². The average Bonchev–Trinajstić information content (AvgIpc) is 3.46. The third-order valence-corrected chi connectivity index (χ3v) is 6.74. The van der Waals surface area contributed by atoms with Gasteiger partial charge in [-0.05, 0) is 29.7 Å². The van der Waals surface area contributed by atoms with Crippen LogP contribution in [0.4, 0.5) is 0 Å². The van der Waals surface area contributed by atoms with Gasteiger partial charge in [0.25, 0.3) is 0 Å². The number of para-hydroxylation sites is 1. The minimum Gasteiger partial charge on any atom is -0.493 e. The first-order chi connectivity index (χ1) is 16.2. The summed E-state index contributed by atoms with van der Waals surface area (Å²) in [6.07, 6.45) is 2.67. The number of nitrogens with zero attached hydrogens (tertiary/aromatic N) is 4. The Morgan fingerprint density at radius 1 is 1.21 bits per heavy atom. The Kier molecular flexibility index (Phi) is 5.92. The fraction of sp³-hybridized carbons (Fsp3) is 0.240. The predicted molar refractivity (Wildman–Crippen MR) is 128 cm³/mol. The van der Waals surface area contributed by atoms with E-state index in [9.17, 15) is 4.79 Å². The van der Waals surface area contributed by atoms with Gasteiger partial charge >= 0.3 is 0 Å². The lowest BCUT2D eigenvalue weighted by atomic mass is 10.00. The van der Waals surface area contributed by atoms with Crippen molar-refractivity contribution in [2.45, 2.75) is 24.7 Å². The van der Waals surface area contributed by atoms with Crippen LogP contribution in [-0.4, -0.2) is 45.0 Å². The second-order valence-corrected chi connectivity index (χ2v) is 8.76. The smallest absolute Gasteiger partial charge is 0.233 e. The molecule has 168 valence electrons. The zero-order chi connectivity index (χ0) is 22.8. The van der Waals surface area contributed by atoms with Gasteiger partial charge in [0.05, 0.1) is 12.9 Å². The van der Waals surface area contributed by atoms with Gasteiger partial charge in [0.15, 0.2) is 22.2 Å². The number of rotatable bonds is 7. The summed E-state index contributed by atoms with van der Waals surface area (Å²) < 4.78 is 13.4. The molecule has 0 saturated heterocycles. The van der Waals surface area contributed by atoms with Gasteiger partial charge in [0.1, 0.15) is 0 Å². The van der Waals surface area contributed by atoms with E-state index in [1.807, 2.05) is 45.9 Å². The van der Waals surface area contributed by atoms with Crippen molar-refractivity contribution in [3.8, 4) is 17.3 Å². The Bertz CT molecular complexity index is 1330. The molecule has 1 amide bonds. The van der Waals surface area contributed by atoms with Crippen LogP contribution in [0.1, 0.15) is 11.1 Å². The molecule has 4 aromatic rings. The molecular weight excluding hydrogens is 436 g/mol. The first kappa shape index (κ1) is 21.3. The number of methoxy groups -OCH3 is 1. The van der Waals surface area contributed by atoms with Crippen LogP contribution in [0.3, 0.4) is 0 Å². The van der Waals surface area contributed by atoms with Crippen molar-refractivity contribution in [1.82, 2.24) is 19.7 Å². The highest BCUT2D eigenvalue weighted by Crippen LogP contribution is 2.34. The summed E-state index contributed by atoms with van der Waals surface area (Å²) in [6, 6.07) is 16.0. The van der Waals surface area contributed by atoms with Gasteiger partial charge in [-0.25, -0.2) is 0 Å². The number of furan rings is 1. The summed E-state index contributed by atoms with van der Waals surface area (Å²) in [6.45, 7) is 5.76. The van der Waals surface area contributed by atoms with Crippen LogP contribution in [0.5, 0.6) is 5.75 Å². The maximum atomic E-state index is 12.9.